The summed E-state index contributed by atoms with van der Waals surface area (Å²) in [6, 6.07) is 19.9. The lowest BCUT2D eigenvalue weighted by Crippen LogP contribution is -2.41. The summed E-state index contributed by atoms with van der Waals surface area (Å²) in [6.07, 6.45) is 1.84. The van der Waals surface area contributed by atoms with Crippen molar-refractivity contribution in [2.45, 2.75) is 19.8 Å². The first-order chi connectivity index (χ1) is 14.1. The molecule has 1 atom stereocenters. The van der Waals surface area contributed by atoms with Crippen LogP contribution in [0.5, 0.6) is 0 Å². The smallest absolute Gasteiger partial charge is 0.229 e. The van der Waals surface area contributed by atoms with E-state index in [1.807, 2.05) is 48.5 Å². The third-order valence-corrected chi connectivity index (χ3v) is 5.67. The zero-order valence-electron chi connectivity index (χ0n) is 16.3. The van der Waals surface area contributed by atoms with Gasteiger partial charge in [-0.1, -0.05) is 45.8 Å². The van der Waals surface area contributed by atoms with Crippen molar-refractivity contribution in [1.29, 1.82) is 0 Å². The zero-order valence-corrected chi connectivity index (χ0v) is 17.9. The topological polar surface area (TPSA) is 58.1 Å². The van der Waals surface area contributed by atoms with Gasteiger partial charge in [-0.2, -0.15) is 0 Å². The highest BCUT2D eigenvalue weighted by Gasteiger charge is 2.27. The maximum atomic E-state index is 12.7. The lowest BCUT2D eigenvalue weighted by atomic mass is 9.97. The van der Waals surface area contributed by atoms with Crippen LogP contribution in [-0.4, -0.2) is 29.2 Å². The molecule has 6 heteroatoms. The average Bonchev–Trinajstić information content (AvgIpc) is 2.74. The number of benzene rings is 2. The van der Waals surface area contributed by atoms with Crippen LogP contribution in [0, 0.1) is 12.8 Å². The van der Waals surface area contributed by atoms with E-state index in [0.29, 0.717) is 6.54 Å². The Hall–Kier alpha value is -2.73. The number of anilines is 2. The minimum atomic E-state index is -0.0685. The third kappa shape index (κ3) is 4.82. The molecule has 2 heterocycles. The summed E-state index contributed by atoms with van der Waals surface area (Å²) in [5.74, 6) is 0.805. The van der Waals surface area contributed by atoms with Gasteiger partial charge in [-0.15, -0.1) is 10.2 Å². The summed E-state index contributed by atoms with van der Waals surface area (Å²) in [4.78, 5) is 14.9. The molecule has 1 amide bonds. The Bertz CT molecular complexity index is 1010. The molecule has 5 nitrogen and oxygen atoms in total. The van der Waals surface area contributed by atoms with Gasteiger partial charge in [0, 0.05) is 28.8 Å². The van der Waals surface area contributed by atoms with Gasteiger partial charge in [-0.3, -0.25) is 4.79 Å². The maximum Gasteiger partial charge on any atom is 0.229 e. The molecule has 3 aromatic rings. The van der Waals surface area contributed by atoms with Crippen LogP contribution in [0.3, 0.4) is 0 Å². The number of aromatic nitrogens is 2. The second-order valence-corrected chi connectivity index (χ2v) is 8.35. The van der Waals surface area contributed by atoms with Gasteiger partial charge < -0.3 is 10.2 Å². The molecular formula is C23H23BrN4O. The number of piperidine rings is 1. The fraction of sp³-hybridized carbons (Fsp3) is 0.261. The Morgan fingerprint density at radius 2 is 1.97 bits per heavy atom. The van der Waals surface area contributed by atoms with Gasteiger partial charge in [0.1, 0.15) is 0 Å². The highest BCUT2D eigenvalue weighted by Crippen LogP contribution is 2.25. The number of rotatable bonds is 4. The van der Waals surface area contributed by atoms with Crippen molar-refractivity contribution in [3.05, 3.63) is 70.7 Å². The van der Waals surface area contributed by atoms with Gasteiger partial charge in [0.2, 0.25) is 5.91 Å². The van der Waals surface area contributed by atoms with Crippen LogP contribution in [0.2, 0.25) is 0 Å². The van der Waals surface area contributed by atoms with Gasteiger partial charge in [0.25, 0.3) is 0 Å². The van der Waals surface area contributed by atoms with Gasteiger partial charge in [-0.25, -0.2) is 0 Å². The summed E-state index contributed by atoms with van der Waals surface area (Å²) in [6.45, 7) is 3.61. The molecule has 0 spiro atoms. The summed E-state index contributed by atoms with van der Waals surface area (Å²) < 4.78 is 0.949. The van der Waals surface area contributed by atoms with Crippen molar-refractivity contribution >= 4 is 33.3 Å². The number of amides is 1. The number of carbonyl (C=O) groups is 1. The van der Waals surface area contributed by atoms with Gasteiger partial charge in [-0.05, 0) is 56.2 Å². The molecule has 148 valence electrons. The molecule has 1 fully saturated rings. The molecule has 1 saturated heterocycles. The van der Waals surface area contributed by atoms with E-state index in [1.54, 1.807) is 0 Å². The van der Waals surface area contributed by atoms with Gasteiger partial charge >= 0.3 is 0 Å². The van der Waals surface area contributed by atoms with Crippen LogP contribution in [0.1, 0.15) is 18.4 Å². The number of carbonyl (C=O) groups excluding carboxylic acids is 1. The molecule has 0 unspecified atom stereocenters. The number of nitrogens with zero attached hydrogens (tertiary/aromatic N) is 3. The van der Waals surface area contributed by atoms with Crippen molar-refractivity contribution in [2.24, 2.45) is 5.92 Å². The minimum Gasteiger partial charge on any atom is -0.354 e. The molecule has 29 heavy (non-hydrogen) atoms. The van der Waals surface area contributed by atoms with Crippen molar-refractivity contribution in [3.8, 4) is 11.3 Å². The van der Waals surface area contributed by atoms with Crippen LogP contribution in [-0.2, 0) is 4.79 Å². The predicted molar refractivity (Wildman–Crippen MR) is 120 cm³/mol. The van der Waals surface area contributed by atoms with Crippen LogP contribution >= 0.6 is 15.9 Å². The molecule has 1 aromatic heterocycles. The van der Waals surface area contributed by atoms with E-state index in [-0.39, 0.29) is 11.8 Å². The van der Waals surface area contributed by atoms with Crippen LogP contribution in [0.15, 0.2) is 65.1 Å². The summed E-state index contributed by atoms with van der Waals surface area (Å²) in [7, 11) is 0. The third-order valence-electron chi connectivity index (χ3n) is 5.17. The fourth-order valence-electron chi connectivity index (χ4n) is 3.66. The molecule has 0 bridgehead atoms. The van der Waals surface area contributed by atoms with Gasteiger partial charge in [0.05, 0.1) is 11.6 Å². The first-order valence-electron chi connectivity index (χ1n) is 9.80. The maximum absolute atomic E-state index is 12.7. The lowest BCUT2D eigenvalue weighted by Gasteiger charge is -2.32. The Kier molecular flexibility index (Phi) is 5.90. The van der Waals surface area contributed by atoms with E-state index in [4.69, 9.17) is 0 Å². The standard InChI is InChI=1S/C23H23BrN4O/c1-16-5-2-6-17(13-16)21-10-11-22(27-26-21)28-12-4-7-18(15-28)23(29)25-20-9-3-8-19(24)14-20/h2-3,5-6,8-11,13-14,18H,4,7,12,15H2,1H3,(H,25,29)/t18-/m1/s1. The SMILES string of the molecule is Cc1cccc(-c2ccc(N3CCC[C@@H](C(=O)Nc4cccc(Br)c4)C3)nn2)c1. The Balaban J connectivity index is 1.43. The van der Waals surface area contributed by atoms with Crippen LogP contribution in [0.4, 0.5) is 11.5 Å². The second-order valence-electron chi connectivity index (χ2n) is 7.43. The molecule has 0 radical (unpaired) electrons. The molecule has 1 aliphatic rings. The summed E-state index contributed by atoms with van der Waals surface area (Å²) >= 11 is 3.44. The fourth-order valence-corrected chi connectivity index (χ4v) is 4.06. The van der Waals surface area contributed by atoms with Crippen LogP contribution in [0.25, 0.3) is 11.3 Å². The first kappa shape index (κ1) is 19.6. The molecule has 1 N–H and O–H groups in total. The molecule has 0 saturated carbocycles. The second kappa shape index (κ2) is 8.74. The number of aryl methyl sites for hydroxylation is 1. The van der Waals surface area contributed by atoms with E-state index in [0.717, 1.165) is 46.6 Å². The first-order valence-corrected chi connectivity index (χ1v) is 10.6. The Morgan fingerprint density at radius 3 is 2.72 bits per heavy atom. The van der Waals surface area contributed by atoms with E-state index < -0.39 is 0 Å². The number of halogens is 1. The lowest BCUT2D eigenvalue weighted by molar-refractivity contribution is -0.120. The van der Waals surface area contributed by atoms with E-state index in [1.165, 1.54) is 5.56 Å². The number of nitrogens with one attached hydrogen (secondary N) is 1. The minimum absolute atomic E-state index is 0.0529. The molecule has 4 rings (SSSR count). The highest BCUT2D eigenvalue weighted by atomic mass is 79.9. The summed E-state index contributed by atoms with van der Waals surface area (Å²) in [5, 5.41) is 11.9. The van der Waals surface area contributed by atoms with Gasteiger partial charge in [0.15, 0.2) is 5.82 Å². The van der Waals surface area contributed by atoms with Crippen molar-refractivity contribution in [3.63, 3.8) is 0 Å². The largest absolute Gasteiger partial charge is 0.354 e. The zero-order chi connectivity index (χ0) is 20.2. The normalized spacial score (nSPS) is 16.5. The van der Waals surface area contributed by atoms with Crippen molar-refractivity contribution in [2.75, 3.05) is 23.3 Å². The van der Waals surface area contributed by atoms with Crippen LogP contribution < -0.4 is 10.2 Å². The highest BCUT2D eigenvalue weighted by molar-refractivity contribution is 9.10. The van der Waals surface area contributed by atoms with E-state index in [9.17, 15) is 4.79 Å². The monoisotopic (exact) mass is 450 g/mol. The Morgan fingerprint density at radius 1 is 1.10 bits per heavy atom. The molecule has 1 aliphatic heterocycles. The summed E-state index contributed by atoms with van der Waals surface area (Å²) in [5.41, 5.74) is 3.93. The van der Waals surface area contributed by atoms with Crippen molar-refractivity contribution in [1.82, 2.24) is 10.2 Å². The average molecular weight is 451 g/mol. The molecular weight excluding hydrogens is 428 g/mol. The molecule has 2 aromatic carbocycles. The van der Waals surface area contributed by atoms with Crippen molar-refractivity contribution < 1.29 is 4.79 Å². The Labute approximate surface area is 179 Å². The van der Waals surface area contributed by atoms with E-state index >= 15 is 0 Å². The quantitative estimate of drug-likeness (QED) is 0.602. The van der Waals surface area contributed by atoms with E-state index in [2.05, 4.69) is 55.4 Å². The molecule has 0 aliphatic carbocycles. The number of hydrogen-bond acceptors (Lipinski definition) is 4. The predicted octanol–water partition coefficient (Wildman–Crippen LogP) is 5.07. The number of hydrogen-bond donors (Lipinski definition) is 1.